The molecule has 1 aliphatic carbocycles. The molecule has 10 nitrogen and oxygen atoms in total. The van der Waals surface area contributed by atoms with Gasteiger partial charge in [-0.05, 0) is 38.1 Å². The fraction of sp³-hybridized carbons (Fsp3) is 0.462. The number of rotatable bonds is 9. The van der Waals surface area contributed by atoms with Crippen LogP contribution in [0.25, 0.3) is 0 Å². The molecule has 0 saturated heterocycles. The number of hydrogen-bond donors (Lipinski definition) is 2. The zero-order chi connectivity index (χ0) is 27.8. The number of carbonyl (C=O) groups is 2. The lowest BCUT2D eigenvalue weighted by Gasteiger charge is -2.37. The highest BCUT2D eigenvalue weighted by Gasteiger charge is 2.34. The zero-order valence-electron chi connectivity index (χ0n) is 21.9. The van der Waals surface area contributed by atoms with Crippen LogP contribution in [0, 0.1) is 0 Å². The van der Waals surface area contributed by atoms with Crippen LogP contribution in [0.4, 0.5) is 14.9 Å². The summed E-state index contributed by atoms with van der Waals surface area (Å²) in [5.74, 6) is 0.975. The highest BCUT2D eigenvalue weighted by Crippen LogP contribution is 2.40. The summed E-state index contributed by atoms with van der Waals surface area (Å²) in [6.07, 6.45) is 4.75. The van der Waals surface area contributed by atoms with Gasteiger partial charge in [0.05, 0.1) is 33.0 Å². The number of hydrogen-bond acceptors (Lipinski definition) is 5. The Morgan fingerprint density at radius 1 is 1.24 bits per heavy atom. The van der Waals surface area contributed by atoms with Crippen molar-refractivity contribution in [2.24, 2.45) is 9.98 Å². The number of carbonyl (C=O) groups excluding carboxylic acids is 2. The van der Waals surface area contributed by atoms with Gasteiger partial charge in [-0.15, -0.1) is 0 Å². The van der Waals surface area contributed by atoms with Gasteiger partial charge in [0.15, 0.2) is 0 Å². The first-order valence-electron chi connectivity index (χ1n) is 12.3. The van der Waals surface area contributed by atoms with Gasteiger partial charge < -0.3 is 20.1 Å². The van der Waals surface area contributed by atoms with Gasteiger partial charge in [-0.1, -0.05) is 31.0 Å². The van der Waals surface area contributed by atoms with Crippen molar-refractivity contribution in [3.8, 4) is 11.5 Å². The van der Waals surface area contributed by atoms with Crippen molar-refractivity contribution < 1.29 is 23.5 Å². The number of benzene rings is 1. The third-order valence-corrected chi connectivity index (χ3v) is 6.88. The fourth-order valence-electron chi connectivity index (χ4n) is 4.59. The Balaban J connectivity index is 1.96. The third-order valence-electron chi connectivity index (χ3n) is 6.50. The van der Waals surface area contributed by atoms with Crippen molar-refractivity contribution in [3.05, 3.63) is 41.2 Å². The standard InChI is InChI=1S/C26H34ClFN6O4/c1-6-22(35)30-18-9-7-8-10-19(18)31-25(29-3)32-24-16(2)15-34(26(36)33(24)12-11-28)20-13-17(37-4)14-21(38-5)23(20)27/h6,13-14,18-19H,1,3,7-12,15H2,2,4-5H3,(H,30,35)(H,31,32). The molecule has 2 atom stereocenters. The number of alkyl halides is 1. The molecule has 2 aliphatic rings. The van der Waals surface area contributed by atoms with Crippen LogP contribution in [0.2, 0.25) is 5.02 Å². The molecule has 2 N–H and O–H groups in total. The molecule has 1 heterocycles. The van der Waals surface area contributed by atoms with Crippen molar-refractivity contribution in [2.45, 2.75) is 44.7 Å². The number of urea groups is 1. The number of amides is 3. The zero-order valence-corrected chi connectivity index (χ0v) is 22.7. The van der Waals surface area contributed by atoms with Crippen LogP contribution in [0.1, 0.15) is 32.6 Å². The van der Waals surface area contributed by atoms with E-state index >= 15 is 0 Å². The minimum absolute atomic E-state index is 0.141. The Labute approximate surface area is 227 Å². The van der Waals surface area contributed by atoms with E-state index in [1.54, 1.807) is 19.1 Å². The van der Waals surface area contributed by atoms with Gasteiger partial charge in [-0.2, -0.15) is 4.99 Å². The summed E-state index contributed by atoms with van der Waals surface area (Å²) in [6, 6.07) is 2.43. The molecule has 1 fully saturated rings. The van der Waals surface area contributed by atoms with Crippen molar-refractivity contribution >= 4 is 41.9 Å². The summed E-state index contributed by atoms with van der Waals surface area (Å²) in [6.45, 7) is 8.06. The number of nitrogens with one attached hydrogen (secondary N) is 2. The van der Waals surface area contributed by atoms with Gasteiger partial charge in [0.1, 0.15) is 29.0 Å². The molecular weight excluding hydrogens is 515 g/mol. The average Bonchev–Trinajstić information content (AvgIpc) is 2.92. The third kappa shape index (κ3) is 6.45. The number of ether oxygens (including phenoxy) is 2. The Hall–Kier alpha value is -3.60. The maximum Gasteiger partial charge on any atom is 0.330 e. The van der Waals surface area contributed by atoms with Crippen molar-refractivity contribution in [3.63, 3.8) is 0 Å². The number of halogens is 2. The Morgan fingerprint density at radius 2 is 1.92 bits per heavy atom. The largest absolute Gasteiger partial charge is 0.497 e. The minimum atomic E-state index is -0.788. The number of methoxy groups -OCH3 is 2. The van der Waals surface area contributed by atoms with Gasteiger partial charge in [0, 0.05) is 24.2 Å². The van der Waals surface area contributed by atoms with Crippen LogP contribution in [-0.4, -0.2) is 75.6 Å². The van der Waals surface area contributed by atoms with E-state index in [9.17, 15) is 14.0 Å². The van der Waals surface area contributed by atoms with E-state index < -0.39 is 12.7 Å². The van der Waals surface area contributed by atoms with Gasteiger partial charge in [-0.3, -0.25) is 14.6 Å². The lowest BCUT2D eigenvalue weighted by atomic mass is 9.90. The van der Waals surface area contributed by atoms with Gasteiger partial charge in [-0.25, -0.2) is 14.2 Å². The summed E-state index contributed by atoms with van der Waals surface area (Å²) in [5, 5.41) is 6.42. The van der Waals surface area contributed by atoms with Crippen molar-refractivity contribution in [2.75, 3.05) is 38.9 Å². The highest BCUT2D eigenvalue weighted by molar-refractivity contribution is 6.35. The van der Waals surface area contributed by atoms with Crippen LogP contribution in [0.15, 0.2) is 46.2 Å². The fourth-order valence-corrected chi connectivity index (χ4v) is 4.88. The second kappa shape index (κ2) is 13.3. The molecule has 3 amide bonds. The molecule has 0 spiro atoms. The van der Waals surface area contributed by atoms with Crippen molar-refractivity contribution in [1.82, 2.24) is 15.5 Å². The van der Waals surface area contributed by atoms with Crippen LogP contribution < -0.4 is 25.0 Å². The molecule has 1 aromatic rings. The second-order valence-electron chi connectivity index (χ2n) is 8.92. The van der Waals surface area contributed by atoms with E-state index in [2.05, 4.69) is 33.9 Å². The molecule has 206 valence electrons. The summed E-state index contributed by atoms with van der Waals surface area (Å²) in [4.78, 5) is 36.8. The quantitative estimate of drug-likeness (QED) is 0.275. The smallest absolute Gasteiger partial charge is 0.330 e. The molecule has 3 rings (SSSR count). The van der Waals surface area contributed by atoms with E-state index in [0.29, 0.717) is 22.8 Å². The SMILES string of the molecule is C=CC(=O)NC1CCCCC1N/C(N=C)=N/C1=C(C)CN(c2cc(OC)cc(OC)c2Cl)C(=O)N1CCF. The number of guanidine groups is 1. The molecular formula is C26H34ClFN6O4. The summed E-state index contributed by atoms with van der Waals surface area (Å²) in [5.41, 5.74) is 1.04. The topological polar surface area (TPSA) is 108 Å². The number of anilines is 1. The summed E-state index contributed by atoms with van der Waals surface area (Å²) in [7, 11) is 2.96. The summed E-state index contributed by atoms with van der Waals surface area (Å²) < 4.78 is 24.3. The first-order chi connectivity index (χ1) is 18.3. The number of nitrogens with zero attached hydrogens (tertiary/aromatic N) is 4. The van der Waals surface area contributed by atoms with E-state index in [-0.39, 0.29) is 47.9 Å². The lowest BCUT2D eigenvalue weighted by Crippen LogP contribution is -2.53. The first-order valence-corrected chi connectivity index (χ1v) is 12.7. The van der Waals surface area contributed by atoms with Crippen molar-refractivity contribution in [1.29, 1.82) is 0 Å². The van der Waals surface area contributed by atoms with Crippen LogP contribution in [0.5, 0.6) is 11.5 Å². The number of aliphatic imine (C=N–C) groups is 2. The Bertz CT molecular complexity index is 1140. The molecule has 12 heteroatoms. The van der Waals surface area contributed by atoms with E-state index in [1.165, 1.54) is 30.1 Å². The van der Waals surface area contributed by atoms with Crippen LogP contribution in [-0.2, 0) is 4.79 Å². The average molecular weight is 549 g/mol. The minimum Gasteiger partial charge on any atom is -0.497 e. The second-order valence-corrected chi connectivity index (χ2v) is 9.30. The Morgan fingerprint density at radius 3 is 2.50 bits per heavy atom. The maximum absolute atomic E-state index is 13.6. The molecule has 1 saturated carbocycles. The lowest BCUT2D eigenvalue weighted by molar-refractivity contribution is -0.117. The molecule has 2 unspecified atom stereocenters. The normalized spacial score (nSPS) is 20.2. The highest BCUT2D eigenvalue weighted by atomic mass is 35.5. The van der Waals surface area contributed by atoms with E-state index in [1.807, 2.05) is 0 Å². The predicted molar refractivity (Wildman–Crippen MR) is 147 cm³/mol. The van der Waals surface area contributed by atoms with E-state index in [0.717, 1.165) is 25.7 Å². The molecule has 0 radical (unpaired) electrons. The molecule has 0 bridgehead atoms. The maximum atomic E-state index is 13.6. The first kappa shape index (κ1) is 29.0. The van der Waals surface area contributed by atoms with Gasteiger partial charge in [0.25, 0.3) is 0 Å². The summed E-state index contributed by atoms with van der Waals surface area (Å²) >= 11 is 6.54. The predicted octanol–water partition coefficient (Wildman–Crippen LogP) is 4.06. The van der Waals surface area contributed by atoms with E-state index in [4.69, 9.17) is 21.1 Å². The van der Waals surface area contributed by atoms with Crippen LogP contribution >= 0.6 is 11.6 Å². The monoisotopic (exact) mass is 548 g/mol. The van der Waals surface area contributed by atoms with Crippen LogP contribution in [0.3, 0.4) is 0 Å². The molecule has 1 aromatic carbocycles. The molecule has 38 heavy (non-hydrogen) atoms. The Kier molecular flexibility index (Phi) is 10.1. The van der Waals surface area contributed by atoms with Gasteiger partial charge in [0.2, 0.25) is 11.9 Å². The van der Waals surface area contributed by atoms with Gasteiger partial charge >= 0.3 is 6.03 Å². The molecule has 0 aromatic heterocycles. The molecule has 1 aliphatic heterocycles.